The third-order valence-electron chi connectivity index (χ3n) is 1.67. The highest BCUT2D eigenvalue weighted by molar-refractivity contribution is 7.09. The number of rotatable bonds is 3. The van der Waals surface area contributed by atoms with E-state index in [-0.39, 0.29) is 11.6 Å². The maximum atomic E-state index is 11.7. The van der Waals surface area contributed by atoms with Crippen molar-refractivity contribution in [3.63, 3.8) is 0 Å². The minimum atomic E-state index is -0.334. The molecule has 8 heteroatoms. The largest absolute Gasteiger partial charge is 0.325 e. The molecule has 0 radical (unpaired) electrons. The van der Waals surface area contributed by atoms with Gasteiger partial charge in [-0.3, -0.25) is 4.79 Å². The van der Waals surface area contributed by atoms with Gasteiger partial charge in [0.15, 0.2) is 0 Å². The fourth-order valence-corrected chi connectivity index (χ4v) is 1.65. The van der Waals surface area contributed by atoms with Gasteiger partial charge in [0.1, 0.15) is 10.7 Å². The molecule has 2 aromatic heterocycles. The third kappa shape index (κ3) is 1.90. The summed E-state index contributed by atoms with van der Waals surface area (Å²) in [5, 5.41) is 13.3. The third-order valence-corrected chi connectivity index (χ3v) is 2.54. The Bertz CT molecular complexity index is 489. The van der Waals surface area contributed by atoms with Gasteiger partial charge in [-0.25, -0.2) is 4.98 Å². The first-order chi connectivity index (χ1) is 7.20. The van der Waals surface area contributed by atoms with E-state index in [1.54, 1.807) is 12.4 Å². The van der Waals surface area contributed by atoms with Gasteiger partial charge in [-0.05, 0) is 5.21 Å². The molecule has 78 valence electrons. The maximum absolute atomic E-state index is 11.7. The van der Waals surface area contributed by atoms with Crippen LogP contribution in [0, 0.1) is 0 Å². The molecule has 0 unspecified atom stereocenters. The molecular formula is C7H8N6OS. The molecule has 2 rings (SSSR count). The molecule has 2 aromatic rings. The standard InChI is InChI=1S/C7H8N6OS/c1-13-11-7(10-12-13)6(14)4-3-15-5(2-8)9-4/h3H,2,8H2,1H3. The number of tetrazole rings is 1. The van der Waals surface area contributed by atoms with Gasteiger partial charge < -0.3 is 5.73 Å². The summed E-state index contributed by atoms with van der Waals surface area (Å²) in [4.78, 5) is 17.0. The quantitative estimate of drug-likeness (QED) is 0.696. The summed E-state index contributed by atoms with van der Waals surface area (Å²) in [5.74, 6) is -0.287. The van der Waals surface area contributed by atoms with Crippen molar-refractivity contribution in [1.82, 2.24) is 25.2 Å². The van der Waals surface area contributed by atoms with Crippen LogP contribution in [0.5, 0.6) is 0 Å². The van der Waals surface area contributed by atoms with Crippen LogP contribution in [0.25, 0.3) is 0 Å². The minimum Gasteiger partial charge on any atom is -0.325 e. The first-order valence-electron chi connectivity index (χ1n) is 4.14. The van der Waals surface area contributed by atoms with E-state index < -0.39 is 0 Å². The van der Waals surface area contributed by atoms with Gasteiger partial charge in [0.2, 0.25) is 5.82 Å². The zero-order valence-corrected chi connectivity index (χ0v) is 8.73. The van der Waals surface area contributed by atoms with Crippen molar-refractivity contribution >= 4 is 17.1 Å². The topological polar surface area (TPSA) is 99.6 Å². The van der Waals surface area contributed by atoms with Crippen molar-refractivity contribution in [2.45, 2.75) is 6.54 Å². The number of hydrogen-bond acceptors (Lipinski definition) is 7. The molecule has 7 nitrogen and oxygen atoms in total. The number of thiazole rings is 1. The fraction of sp³-hybridized carbons (Fsp3) is 0.286. The van der Waals surface area contributed by atoms with Gasteiger partial charge in [-0.1, -0.05) is 0 Å². The molecule has 0 aliphatic rings. The van der Waals surface area contributed by atoms with Gasteiger partial charge >= 0.3 is 0 Å². The van der Waals surface area contributed by atoms with E-state index in [2.05, 4.69) is 20.4 Å². The molecule has 0 aliphatic carbocycles. The van der Waals surface area contributed by atoms with Crippen molar-refractivity contribution in [3.05, 3.63) is 21.9 Å². The van der Waals surface area contributed by atoms with Gasteiger partial charge in [0.05, 0.1) is 7.05 Å². The zero-order valence-electron chi connectivity index (χ0n) is 7.91. The first-order valence-corrected chi connectivity index (χ1v) is 5.02. The van der Waals surface area contributed by atoms with E-state index in [0.717, 1.165) is 0 Å². The Hall–Kier alpha value is -1.67. The second kappa shape index (κ2) is 3.83. The SMILES string of the molecule is Cn1nnc(C(=O)c2csc(CN)n2)n1. The number of aryl methyl sites for hydroxylation is 1. The summed E-state index contributed by atoms with van der Waals surface area (Å²) in [6, 6.07) is 0. The van der Waals surface area contributed by atoms with E-state index in [1.807, 2.05) is 0 Å². The van der Waals surface area contributed by atoms with Gasteiger partial charge in [-0.15, -0.1) is 21.5 Å². The average molecular weight is 224 g/mol. The Kier molecular flexibility index (Phi) is 2.52. The lowest BCUT2D eigenvalue weighted by Gasteiger charge is -1.88. The number of hydrogen-bond donors (Lipinski definition) is 1. The van der Waals surface area contributed by atoms with E-state index in [1.165, 1.54) is 16.1 Å². The predicted molar refractivity (Wildman–Crippen MR) is 52.2 cm³/mol. The van der Waals surface area contributed by atoms with Crippen molar-refractivity contribution in [2.75, 3.05) is 0 Å². The first kappa shape index (κ1) is 9.87. The van der Waals surface area contributed by atoms with Crippen LogP contribution in [0.3, 0.4) is 0 Å². The lowest BCUT2D eigenvalue weighted by Crippen LogP contribution is -2.06. The van der Waals surface area contributed by atoms with Crippen LogP contribution in [0.1, 0.15) is 21.3 Å². The molecule has 0 saturated carbocycles. The van der Waals surface area contributed by atoms with E-state index in [0.29, 0.717) is 17.2 Å². The van der Waals surface area contributed by atoms with Crippen LogP contribution in [-0.2, 0) is 13.6 Å². The molecule has 0 aliphatic heterocycles. The molecule has 0 aromatic carbocycles. The zero-order chi connectivity index (χ0) is 10.8. The summed E-state index contributed by atoms with van der Waals surface area (Å²) in [5.41, 5.74) is 5.71. The summed E-state index contributed by atoms with van der Waals surface area (Å²) in [6.45, 7) is 0.325. The second-order valence-electron chi connectivity index (χ2n) is 2.76. The summed E-state index contributed by atoms with van der Waals surface area (Å²) >= 11 is 1.34. The molecular weight excluding hydrogens is 216 g/mol. The smallest absolute Gasteiger partial charge is 0.253 e. The summed E-state index contributed by atoms with van der Waals surface area (Å²) in [7, 11) is 1.59. The van der Waals surface area contributed by atoms with Crippen molar-refractivity contribution in [1.29, 1.82) is 0 Å². The Labute approximate surface area is 88.9 Å². The van der Waals surface area contributed by atoms with Crippen LogP contribution in [-0.4, -0.2) is 31.0 Å². The highest BCUT2D eigenvalue weighted by Gasteiger charge is 2.17. The van der Waals surface area contributed by atoms with Crippen LogP contribution >= 0.6 is 11.3 Å². The molecule has 0 saturated heterocycles. The van der Waals surface area contributed by atoms with Crippen LogP contribution in [0.15, 0.2) is 5.38 Å². The van der Waals surface area contributed by atoms with E-state index in [9.17, 15) is 4.79 Å². The lowest BCUT2D eigenvalue weighted by molar-refractivity contribution is 0.102. The average Bonchev–Trinajstić information content (AvgIpc) is 2.84. The van der Waals surface area contributed by atoms with Crippen LogP contribution < -0.4 is 5.73 Å². The number of carbonyl (C=O) groups is 1. The summed E-state index contributed by atoms with van der Waals surface area (Å²) < 4.78 is 0. The number of ketones is 1. The maximum Gasteiger partial charge on any atom is 0.253 e. The van der Waals surface area contributed by atoms with Gasteiger partial charge in [-0.2, -0.15) is 4.80 Å². The molecule has 0 atom stereocenters. The number of nitrogens with zero attached hydrogens (tertiary/aromatic N) is 5. The van der Waals surface area contributed by atoms with Crippen molar-refractivity contribution in [3.8, 4) is 0 Å². The molecule has 0 spiro atoms. The van der Waals surface area contributed by atoms with Crippen LogP contribution in [0.2, 0.25) is 0 Å². The second-order valence-corrected chi connectivity index (χ2v) is 3.70. The molecule has 2 N–H and O–H groups in total. The Balaban J connectivity index is 2.28. The minimum absolute atomic E-state index is 0.0476. The Morgan fingerprint density at radius 1 is 1.67 bits per heavy atom. The highest BCUT2D eigenvalue weighted by atomic mass is 32.1. The van der Waals surface area contributed by atoms with E-state index in [4.69, 9.17) is 5.73 Å². The Morgan fingerprint density at radius 3 is 3.00 bits per heavy atom. The van der Waals surface area contributed by atoms with Gasteiger partial charge in [0, 0.05) is 11.9 Å². The van der Waals surface area contributed by atoms with E-state index >= 15 is 0 Å². The molecule has 0 bridgehead atoms. The number of nitrogens with two attached hydrogens (primary N) is 1. The fourth-order valence-electron chi connectivity index (χ4n) is 0.998. The Morgan fingerprint density at radius 2 is 2.47 bits per heavy atom. The van der Waals surface area contributed by atoms with Crippen molar-refractivity contribution in [2.24, 2.45) is 12.8 Å². The normalized spacial score (nSPS) is 10.5. The monoisotopic (exact) mass is 224 g/mol. The molecule has 0 amide bonds. The predicted octanol–water partition coefficient (Wildman–Crippen LogP) is -0.644. The van der Waals surface area contributed by atoms with Gasteiger partial charge in [0.25, 0.3) is 5.78 Å². The van der Waals surface area contributed by atoms with Crippen LogP contribution in [0.4, 0.5) is 0 Å². The molecule has 15 heavy (non-hydrogen) atoms. The summed E-state index contributed by atoms with van der Waals surface area (Å²) in [6.07, 6.45) is 0. The highest BCUT2D eigenvalue weighted by Crippen LogP contribution is 2.11. The molecule has 2 heterocycles. The number of carbonyl (C=O) groups excluding carboxylic acids is 1. The lowest BCUT2D eigenvalue weighted by atomic mass is 10.3. The number of aromatic nitrogens is 5. The molecule has 0 fully saturated rings. The van der Waals surface area contributed by atoms with Crippen molar-refractivity contribution < 1.29 is 4.79 Å².